The number of phenols is 1. The number of hydrogen-bond acceptors (Lipinski definition) is 9. The summed E-state index contributed by atoms with van der Waals surface area (Å²) >= 11 is 0.938. The van der Waals surface area contributed by atoms with Gasteiger partial charge in [0, 0.05) is 29.0 Å². The minimum Gasteiger partial charge on any atom is -0.507 e. The van der Waals surface area contributed by atoms with Crippen LogP contribution in [0.4, 0.5) is 5.69 Å². The molecule has 1 heterocycles. The first-order valence-electron chi connectivity index (χ1n) is 8.55. The van der Waals surface area contributed by atoms with Gasteiger partial charge in [0.05, 0.1) is 22.7 Å². The summed E-state index contributed by atoms with van der Waals surface area (Å²) in [4.78, 5) is 35.4. The number of nitro benzene ring substituents is 1. The molecule has 0 unspecified atom stereocenters. The third-order valence-corrected chi connectivity index (χ3v) is 5.33. The molecule has 1 N–H and O–H groups in total. The van der Waals surface area contributed by atoms with Gasteiger partial charge < -0.3 is 9.84 Å². The number of carbonyl (C=O) groups excluding carboxylic acids is 2. The smallest absolute Gasteiger partial charge is 0.348 e. The van der Waals surface area contributed by atoms with Crippen molar-refractivity contribution >= 4 is 34.9 Å². The fourth-order valence-corrected chi connectivity index (χ4v) is 3.73. The van der Waals surface area contributed by atoms with Gasteiger partial charge in [0.2, 0.25) is 0 Å². The van der Waals surface area contributed by atoms with Crippen molar-refractivity contribution in [2.75, 3.05) is 6.61 Å². The summed E-state index contributed by atoms with van der Waals surface area (Å²) in [7, 11) is 0. The van der Waals surface area contributed by atoms with Gasteiger partial charge in [0.1, 0.15) is 22.8 Å². The van der Waals surface area contributed by atoms with Crippen LogP contribution >= 0.6 is 11.3 Å². The van der Waals surface area contributed by atoms with E-state index in [0.29, 0.717) is 10.4 Å². The molecular weight excluding hydrogens is 410 g/mol. The third-order valence-electron chi connectivity index (χ3n) is 4.06. The van der Waals surface area contributed by atoms with Gasteiger partial charge in [-0.2, -0.15) is 10.5 Å². The fraction of sp³-hybridized carbons (Fsp3) is 0.200. The molecule has 0 bridgehead atoms. The highest BCUT2D eigenvalue weighted by Gasteiger charge is 2.23. The topological polar surface area (TPSA) is 154 Å². The van der Waals surface area contributed by atoms with Crippen molar-refractivity contribution in [1.82, 2.24) is 0 Å². The number of nitro groups is 1. The Morgan fingerprint density at radius 2 is 2.07 bits per heavy atom. The number of ketones is 1. The molecule has 0 aliphatic rings. The highest BCUT2D eigenvalue weighted by molar-refractivity contribution is 7.14. The zero-order valence-corrected chi connectivity index (χ0v) is 16.8. The zero-order valence-electron chi connectivity index (χ0n) is 16.0. The van der Waals surface area contributed by atoms with Gasteiger partial charge in [-0.3, -0.25) is 14.9 Å². The number of ether oxygens (including phenoxy) is 1. The van der Waals surface area contributed by atoms with Gasteiger partial charge in [-0.05, 0) is 31.6 Å². The van der Waals surface area contributed by atoms with Gasteiger partial charge in [-0.1, -0.05) is 0 Å². The van der Waals surface area contributed by atoms with Gasteiger partial charge in [0.25, 0.3) is 5.69 Å². The summed E-state index contributed by atoms with van der Waals surface area (Å²) in [5.41, 5.74) is -0.194. The average molecular weight is 425 g/mol. The maximum Gasteiger partial charge on any atom is 0.348 e. The second-order valence-corrected chi connectivity index (χ2v) is 7.06. The number of thiophene rings is 1. The summed E-state index contributed by atoms with van der Waals surface area (Å²) in [5.74, 6) is -1.61. The summed E-state index contributed by atoms with van der Waals surface area (Å²) < 4.78 is 4.95. The number of non-ortho nitro benzene ring substituents is 1. The van der Waals surface area contributed by atoms with Crippen LogP contribution in [-0.4, -0.2) is 28.4 Å². The van der Waals surface area contributed by atoms with Crippen molar-refractivity contribution in [1.29, 1.82) is 10.5 Å². The summed E-state index contributed by atoms with van der Waals surface area (Å²) in [6.07, 6.45) is 0.715. The molecule has 1 aromatic heterocycles. The van der Waals surface area contributed by atoms with Crippen molar-refractivity contribution in [2.45, 2.75) is 20.3 Å². The van der Waals surface area contributed by atoms with E-state index in [-0.39, 0.29) is 46.0 Å². The van der Waals surface area contributed by atoms with Gasteiger partial charge in [0.15, 0.2) is 5.78 Å². The minimum absolute atomic E-state index is 0.0656. The molecule has 0 radical (unpaired) electrons. The van der Waals surface area contributed by atoms with E-state index in [9.17, 15) is 35.3 Å². The number of hydrogen-bond donors (Lipinski definition) is 1. The lowest BCUT2D eigenvalue weighted by molar-refractivity contribution is -0.384. The van der Waals surface area contributed by atoms with E-state index in [4.69, 9.17) is 4.74 Å². The maximum atomic E-state index is 12.6. The molecule has 0 atom stereocenters. The first-order chi connectivity index (χ1) is 14.2. The van der Waals surface area contributed by atoms with Crippen LogP contribution in [0.5, 0.6) is 5.75 Å². The highest BCUT2D eigenvalue weighted by atomic mass is 32.1. The number of rotatable bonds is 7. The molecule has 0 saturated heterocycles. The number of esters is 1. The molecule has 152 valence electrons. The molecule has 0 amide bonds. The van der Waals surface area contributed by atoms with E-state index >= 15 is 0 Å². The predicted molar refractivity (Wildman–Crippen MR) is 107 cm³/mol. The fourth-order valence-electron chi connectivity index (χ4n) is 2.58. The average Bonchev–Trinajstić information content (AvgIpc) is 3.02. The molecule has 0 aliphatic carbocycles. The zero-order chi connectivity index (χ0) is 22.4. The summed E-state index contributed by atoms with van der Waals surface area (Å²) in [6.45, 7) is 3.36. The van der Waals surface area contributed by atoms with Gasteiger partial charge in [-0.25, -0.2) is 4.79 Å². The summed E-state index contributed by atoms with van der Waals surface area (Å²) in [5, 5.41) is 39.6. The molecule has 0 aliphatic heterocycles. The Balaban J connectivity index is 2.40. The van der Waals surface area contributed by atoms with Crippen LogP contribution in [0.3, 0.4) is 0 Å². The first kappa shape index (κ1) is 22.3. The van der Waals surface area contributed by atoms with Gasteiger partial charge >= 0.3 is 5.97 Å². The number of Topliss-reactive ketones (excluding diaryl/α,β-unsaturated/α-hetero) is 1. The van der Waals surface area contributed by atoms with E-state index in [0.717, 1.165) is 35.6 Å². The van der Waals surface area contributed by atoms with Crippen LogP contribution < -0.4 is 0 Å². The van der Waals surface area contributed by atoms with E-state index in [1.165, 1.54) is 0 Å². The van der Waals surface area contributed by atoms with Crippen molar-refractivity contribution in [3.05, 3.63) is 60.3 Å². The van der Waals surface area contributed by atoms with Crippen molar-refractivity contribution < 1.29 is 24.4 Å². The molecule has 2 aromatic rings. The van der Waals surface area contributed by atoms with Crippen LogP contribution in [0.2, 0.25) is 0 Å². The first-order valence-corrected chi connectivity index (χ1v) is 9.36. The third kappa shape index (κ3) is 4.69. The quantitative estimate of drug-likeness (QED) is 0.232. The number of nitriles is 2. The predicted octanol–water partition coefficient (Wildman–Crippen LogP) is 3.44. The lowest BCUT2D eigenvalue weighted by Crippen LogP contribution is -2.05. The van der Waals surface area contributed by atoms with Crippen molar-refractivity contribution in [2.24, 2.45) is 0 Å². The second-order valence-electron chi connectivity index (χ2n) is 5.96. The molecule has 0 fully saturated rings. The standard InChI is InChI=1S/C20H15N3O6S/c1-3-29-20(26)19-11(2)15(10-22)18(30-19)8-17(25)13(9-21)6-12-7-14(23(27)28)4-5-16(12)24/h4-7,24H,3,8H2,1-2H3/b13-6+. The Kier molecular flexibility index (Phi) is 7.02. The van der Waals surface area contributed by atoms with Crippen molar-refractivity contribution in [3.63, 3.8) is 0 Å². The van der Waals surface area contributed by atoms with E-state index in [2.05, 4.69) is 0 Å². The maximum absolute atomic E-state index is 12.6. The molecule has 9 nitrogen and oxygen atoms in total. The normalized spacial score (nSPS) is 10.7. The number of aromatic hydroxyl groups is 1. The van der Waals surface area contributed by atoms with E-state index in [1.54, 1.807) is 19.9 Å². The Labute approximate surface area is 175 Å². The lowest BCUT2D eigenvalue weighted by atomic mass is 10.0. The molecule has 0 saturated carbocycles. The van der Waals surface area contributed by atoms with E-state index < -0.39 is 16.7 Å². The van der Waals surface area contributed by atoms with Crippen LogP contribution in [0.25, 0.3) is 6.08 Å². The molecule has 30 heavy (non-hydrogen) atoms. The lowest BCUT2D eigenvalue weighted by Gasteiger charge is -2.02. The molecule has 0 spiro atoms. The van der Waals surface area contributed by atoms with Crippen LogP contribution in [-0.2, 0) is 16.0 Å². The van der Waals surface area contributed by atoms with E-state index in [1.807, 2.05) is 6.07 Å². The number of benzene rings is 1. The second kappa shape index (κ2) is 9.45. The monoisotopic (exact) mass is 425 g/mol. The van der Waals surface area contributed by atoms with Crippen LogP contribution in [0, 0.1) is 39.7 Å². The summed E-state index contributed by atoms with van der Waals surface area (Å²) in [6, 6.07) is 6.88. The number of carbonyl (C=O) groups is 2. The molecule has 10 heteroatoms. The molecule has 2 rings (SSSR count). The Hall–Kier alpha value is -4.02. The van der Waals surface area contributed by atoms with Crippen LogP contribution in [0.1, 0.15) is 38.2 Å². The largest absolute Gasteiger partial charge is 0.507 e. The van der Waals surface area contributed by atoms with Crippen LogP contribution in [0.15, 0.2) is 23.8 Å². The minimum atomic E-state index is -0.671. The van der Waals surface area contributed by atoms with Crippen molar-refractivity contribution in [3.8, 4) is 17.9 Å². The highest BCUT2D eigenvalue weighted by Crippen LogP contribution is 2.30. The Bertz CT molecular complexity index is 1150. The SMILES string of the molecule is CCOC(=O)c1sc(CC(=O)/C(C#N)=C/c2cc([N+](=O)[O-])ccc2O)c(C#N)c1C. The number of phenolic OH excluding ortho intramolecular Hbond substituents is 1. The Morgan fingerprint density at radius 3 is 2.63 bits per heavy atom. The van der Waals surface area contributed by atoms with Gasteiger partial charge in [-0.15, -0.1) is 11.3 Å². The Morgan fingerprint density at radius 1 is 1.37 bits per heavy atom. The number of nitrogens with zero attached hydrogens (tertiary/aromatic N) is 3. The molecule has 1 aromatic carbocycles. The molecular formula is C20H15N3O6S. The number of allylic oxidation sites excluding steroid dienone is 1.